The molecule has 2 atom stereocenters. The van der Waals surface area contributed by atoms with Crippen LogP contribution in [-0.2, 0) is 19.9 Å². The van der Waals surface area contributed by atoms with Gasteiger partial charge in [0.1, 0.15) is 17.6 Å². The monoisotopic (exact) mass is 590 g/mol. The van der Waals surface area contributed by atoms with E-state index in [1.165, 1.54) is 19.1 Å². The van der Waals surface area contributed by atoms with Gasteiger partial charge in [0.05, 0.1) is 11.3 Å². The number of pyridine rings is 1. The van der Waals surface area contributed by atoms with Crippen LogP contribution in [0.4, 0.5) is 15.8 Å². The number of likely N-dealkylation sites (N-methyl/N-ethyl adjacent to an activating group) is 1. The molecule has 1 aromatic carbocycles. The highest BCUT2D eigenvalue weighted by Gasteiger charge is 2.54. The van der Waals surface area contributed by atoms with Gasteiger partial charge in [-0.3, -0.25) is 23.9 Å². The minimum absolute atomic E-state index is 0.0129. The number of amides is 3. The van der Waals surface area contributed by atoms with Crippen molar-refractivity contribution in [1.82, 2.24) is 20.1 Å². The molecule has 0 bridgehead atoms. The Labute approximate surface area is 247 Å². The van der Waals surface area contributed by atoms with Gasteiger partial charge < -0.3 is 25.3 Å². The van der Waals surface area contributed by atoms with E-state index in [0.29, 0.717) is 34.5 Å². The fourth-order valence-corrected chi connectivity index (χ4v) is 6.50. The Morgan fingerprint density at radius 1 is 1.09 bits per heavy atom. The molecule has 11 nitrogen and oxygen atoms in total. The Bertz CT molecular complexity index is 1650. The first-order valence-electron chi connectivity index (χ1n) is 14.6. The highest BCUT2D eigenvalue weighted by molar-refractivity contribution is 6.10. The van der Waals surface area contributed by atoms with E-state index in [4.69, 9.17) is 4.74 Å². The average Bonchev–Trinajstić information content (AvgIpc) is 3.93. The number of fused-ring (bicyclic) bond motifs is 1. The normalized spacial score (nSPS) is 20.4. The zero-order valence-electron chi connectivity index (χ0n) is 24.5. The van der Waals surface area contributed by atoms with Crippen LogP contribution >= 0.6 is 0 Å². The molecule has 2 fully saturated rings. The number of methoxy groups -OCH3 is 1. The topological polar surface area (TPSA) is 138 Å². The lowest BCUT2D eigenvalue weighted by Crippen LogP contribution is -2.50. The van der Waals surface area contributed by atoms with Crippen LogP contribution in [0.2, 0.25) is 0 Å². The summed E-state index contributed by atoms with van der Waals surface area (Å²) in [6.07, 6.45) is 6.58. The van der Waals surface area contributed by atoms with Crippen LogP contribution in [0.15, 0.2) is 47.5 Å². The maximum absolute atomic E-state index is 14.2. The van der Waals surface area contributed by atoms with Crippen molar-refractivity contribution < 1.29 is 23.5 Å². The van der Waals surface area contributed by atoms with Crippen LogP contribution in [0.25, 0.3) is 0 Å². The number of nitrogens with zero attached hydrogens (tertiary/aromatic N) is 3. The van der Waals surface area contributed by atoms with Gasteiger partial charge >= 0.3 is 0 Å². The standard InChI is InChI=1S/C31H35FN6O5/c1-16(2)38-23(11-12-34-38)28(40)36-26(25(17-5-6-17)18-7-8-18)29(41)35-20-9-10-21-24(14-20)37(3)30(42)31(21,43-4)22-13-19(32)15-33-27(22)39/h9-18,25-26H,5-8H2,1-4H3,(H,33,39)(H,35,41)(H,36,40). The number of aromatic nitrogens is 3. The van der Waals surface area contributed by atoms with Crippen LogP contribution in [0.5, 0.6) is 0 Å². The maximum atomic E-state index is 14.2. The molecule has 2 aromatic heterocycles. The molecule has 1 aliphatic heterocycles. The Morgan fingerprint density at radius 2 is 1.79 bits per heavy atom. The number of rotatable bonds is 10. The van der Waals surface area contributed by atoms with Crippen LogP contribution in [0.3, 0.4) is 0 Å². The van der Waals surface area contributed by atoms with E-state index in [1.807, 2.05) is 13.8 Å². The number of carbonyl (C=O) groups is 3. The lowest BCUT2D eigenvalue weighted by atomic mass is 9.87. The summed E-state index contributed by atoms with van der Waals surface area (Å²) < 4.78 is 21.5. The number of benzene rings is 1. The van der Waals surface area contributed by atoms with E-state index in [2.05, 4.69) is 20.7 Å². The second-order valence-corrected chi connectivity index (χ2v) is 12.0. The van der Waals surface area contributed by atoms with E-state index in [1.54, 1.807) is 35.1 Å². The van der Waals surface area contributed by atoms with Gasteiger partial charge in [-0.1, -0.05) is 6.07 Å². The third-order valence-corrected chi connectivity index (χ3v) is 8.84. The first kappa shape index (κ1) is 28.8. The number of hydrogen-bond acceptors (Lipinski definition) is 6. The second-order valence-electron chi connectivity index (χ2n) is 12.0. The predicted molar refractivity (Wildman–Crippen MR) is 156 cm³/mol. The van der Waals surface area contributed by atoms with Crippen molar-refractivity contribution in [2.24, 2.45) is 17.8 Å². The molecule has 43 heavy (non-hydrogen) atoms. The molecule has 3 aliphatic rings. The molecule has 3 N–H and O–H groups in total. The Morgan fingerprint density at radius 3 is 2.42 bits per heavy atom. The van der Waals surface area contributed by atoms with Crippen LogP contribution < -0.4 is 21.1 Å². The summed E-state index contributed by atoms with van der Waals surface area (Å²) >= 11 is 0. The Hall–Kier alpha value is -4.32. The van der Waals surface area contributed by atoms with E-state index >= 15 is 0 Å². The molecule has 2 saturated carbocycles. The van der Waals surface area contributed by atoms with Gasteiger partial charge in [-0.2, -0.15) is 5.10 Å². The molecule has 0 radical (unpaired) electrons. The highest BCUT2D eigenvalue weighted by Crippen LogP contribution is 2.51. The van der Waals surface area contributed by atoms with Gasteiger partial charge in [-0.05, 0) is 81.5 Å². The third-order valence-electron chi connectivity index (χ3n) is 8.84. The molecule has 0 spiro atoms. The van der Waals surface area contributed by atoms with E-state index in [0.717, 1.165) is 37.9 Å². The number of anilines is 2. The summed E-state index contributed by atoms with van der Waals surface area (Å²) in [6, 6.07) is 6.67. The SMILES string of the molecule is COC1(c2cc(F)c[nH]c2=O)C(=O)N(C)c2cc(NC(=O)C(NC(=O)c3ccnn3C(C)C)C(C3CC3)C3CC3)ccc21. The number of halogens is 1. The lowest BCUT2D eigenvalue weighted by molar-refractivity contribution is -0.135. The first-order valence-corrected chi connectivity index (χ1v) is 14.6. The van der Waals surface area contributed by atoms with Crippen LogP contribution in [0.1, 0.15) is 67.2 Å². The zero-order valence-corrected chi connectivity index (χ0v) is 24.5. The third kappa shape index (κ3) is 4.93. The maximum Gasteiger partial charge on any atom is 0.270 e. The molecule has 3 amide bonds. The first-order chi connectivity index (χ1) is 20.6. The molecule has 6 rings (SSSR count). The molecular weight excluding hydrogens is 555 g/mol. The number of ether oxygens (including phenoxy) is 1. The molecule has 3 heterocycles. The largest absolute Gasteiger partial charge is 0.359 e. The van der Waals surface area contributed by atoms with Gasteiger partial charge in [0.2, 0.25) is 11.5 Å². The summed E-state index contributed by atoms with van der Waals surface area (Å²) in [5.74, 6) is -1.24. The minimum atomic E-state index is -1.86. The summed E-state index contributed by atoms with van der Waals surface area (Å²) in [7, 11) is 2.81. The van der Waals surface area contributed by atoms with E-state index in [-0.39, 0.29) is 29.3 Å². The molecule has 3 aromatic rings. The lowest BCUT2D eigenvalue weighted by Gasteiger charge is -2.28. The minimum Gasteiger partial charge on any atom is -0.359 e. The summed E-state index contributed by atoms with van der Waals surface area (Å²) in [5, 5.41) is 10.3. The number of H-pyrrole nitrogens is 1. The van der Waals surface area contributed by atoms with Crippen molar-refractivity contribution in [3.05, 3.63) is 75.7 Å². The number of carbonyl (C=O) groups excluding carboxylic acids is 3. The Kier molecular flexibility index (Phi) is 7.19. The van der Waals surface area contributed by atoms with Crippen molar-refractivity contribution in [2.45, 2.75) is 57.2 Å². The average molecular weight is 591 g/mol. The van der Waals surface area contributed by atoms with Gasteiger partial charge in [0.25, 0.3) is 17.4 Å². The van der Waals surface area contributed by atoms with Crippen LogP contribution in [-0.4, -0.2) is 52.7 Å². The number of aromatic amines is 1. The molecular formula is C31H35FN6O5. The Balaban J connectivity index is 1.32. The number of hydrogen-bond donors (Lipinski definition) is 3. The zero-order chi connectivity index (χ0) is 30.6. The molecule has 2 aliphatic carbocycles. The van der Waals surface area contributed by atoms with E-state index < -0.39 is 28.9 Å². The van der Waals surface area contributed by atoms with Crippen LogP contribution in [0, 0.1) is 23.6 Å². The summed E-state index contributed by atoms with van der Waals surface area (Å²) in [4.78, 5) is 57.3. The highest BCUT2D eigenvalue weighted by atomic mass is 19.1. The van der Waals surface area contributed by atoms with Crippen molar-refractivity contribution in [1.29, 1.82) is 0 Å². The summed E-state index contributed by atoms with van der Waals surface area (Å²) in [5.41, 5.74) is -1.16. The predicted octanol–water partition coefficient (Wildman–Crippen LogP) is 3.33. The molecule has 226 valence electrons. The van der Waals surface area contributed by atoms with E-state index in [9.17, 15) is 23.6 Å². The quantitative estimate of drug-likeness (QED) is 0.331. The molecule has 12 heteroatoms. The van der Waals surface area contributed by atoms with Crippen molar-refractivity contribution in [3.63, 3.8) is 0 Å². The van der Waals surface area contributed by atoms with Crippen molar-refractivity contribution in [3.8, 4) is 0 Å². The molecule has 2 unspecified atom stereocenters. The van der Waals surface area contributed by atoms with Gasteiger partial charge in [0, 0.05) is 43.8 Å². The second kappa shape index (κ2) is 10.7. The smallest absolute Gasteiger partial charge is 0.270 e. The van der Waals surface area contributed by atoms with Gasteiger partial charge in [-0.15, -0.1) is 0 Å². The fourth-order valence-electron chi connectivity index (χ4n) is 6.50. The summed E-state index contributed by atoms with van der Waals surface area (Å²) in [6.45, 7) is 3.87. The fraction of sp³-hybridized carbons (Fsp3) is 0.452. The van der Waals surface area contributed by atoms with Crippen molar-refractivity contribution >= 4 is 29.1 Å². The van der Waals surface area contributed by atoms with Gasteiger partial charge in [0.15, 0.2) is 0 Å². The number of nitrogens with one attached hydrogen (secondary N) is 3. The van der Waals surface area contributed by atoms with Gasteiger partial charge in [-0.25, -0.2) is 4.39 Å². The van der Waals surface area contributed by atoms with Crippen molar-refractivity contribution in [2.75, 3.05) is 24.4 Å². The molecule has 0 saturated heterocycles.